The normalized spacial score (nSPS) is 39.0. The van der Waals surface area contributed by atoms with Crippen LogP contribution in [0.4, 0.5) is 0 Å². The highest BCUT2D eigenvalue weighted by Gasteiger charge is 2.41. The van der Waals surface area contributed by atoms with Crippen molar-refractivity contribution in [1.29, 1.82) is 0 Å². The molecular weight excluding hydrogens is 274 g/mol. The highest BCUT2D eigenvalue weighted by Crippen LogP contribution is 2.34. The zero-order valence-corrected chi connectivity index (χ0v) is 12.9. The first-order valence-corrected chi connectivity index (χ1v) is 9.88. The fourth-order valence-corrected chi connectivity index (χ4v) is 6.06. The molecule has 0 N–H and O–H groups in total. The zero-order valence-electron chi connectivity index (χ0n) is 12.1. The summed E-state index contributed by atoms with van der Waals surface area (Å²) in [4.78, 5) is 14.6. The van der Waals surface area contributed by atoms with Gasteiger partial charge in [0, 0.05) is 24.4 Å². The molecule has 2 heterocycles. The summed E-state index contributed by atoms with van der Waals surface area (Å²) in [5, 5.41) is 0. The van der Waals surface area contributed by atoms with Gasteiger partial charge in [0.05, 0.1) is 11.5 Å². The second-order valence-corrected chi connectivity index (χ2v) is 8.91. The second kappa shape index (κ2) is 5.76. The van der Waals surface area contributed by atoms with E-state index in [0.717, 1.165) is 51.5 Å². The number of carbonyl (C=O) groups excluding carboxylic acids is 1. The molecule has 2 aliphatic heterocycles. The number of carbonyl (C=O) groups is 1. The summed E-state index contributed by atoms with van der Waals surface area (Å²) in [5.41, 5.74) is 0. The van der Waals surface area contributed by atoms with E-state index in [4.69, 9.17) is 0 Å². The number of nitrogens with zero attached hydrogens (tertiary/aromatic N) is 1. The summed E-state index contributed by atoms with van der Waals surface area (Å²) >= 11 is 0. The fraction of sp³-hybridized carbons (Fsp3) is 0.933. The number of sulfone groups is 1. The molecular formula is C15H25NO3S. The van der Waals surface area contributed by atoms with Crippen molar-refractivity contribution in [2.75, 3.05) is 18.1 Å². The lowest BCUT2D eigenvalue weighted by molar-refractivity contribution is -0.128. The van der Waals surface area contributed by atoms with E-state index < -0.39 is 9.84 Å². The molecule has 0 aromatic heterocycles. The second-order valence-electron chi connectivity index (χ2n) is 6.68. The average Bonchev–Trinajstić information content (AvgIpc) is 2.80. The van der Waals surface area contributed by atoms with Gasteiger partial charge in [0.1, 0.15) is 5.78 Å². The Kier molecular flexibility index (Phi) is 4.18. The monoisotopic (exact) mass is 299 g/mol. The fourth-order valence-electron chi connectivity index (χ4n) is 4.32. The van der Waals surface area contributed by atoms with Gasteiger partial charge < -0.3 is 0 Å². The van der Waals surface area contributed by atoms with Crippen LogP contribution in [-0.4, -0.2) is 49.2 Å². The Morgan fingerprint density at radius 2 is 1.80 bits per heavy atom. The summed E-state index contributed by atoms with van der Waals surface area (Å²) in [6.07, 6.45) is 8.12. The van der Waals surface area contributed by atoms with Crippen LogP contribution >= 0.6 is 0 Å². The minimum absolute atomic E-state index is 0.167. The van der Waals surface area contributed by atoms with Crippen LogP contribution < -0.4 is 0 Å². The molecule has 1 aliphatic carbocycles. The largest absolute Gasteiger partial charge is 0.299 e. The summed E-state index contributed by atoms with van der Waals surface area (Å²) < 4.78 is 23.5. The number of rotatable bonds is 2. The lowest BCUT2D eigenvalue weighted by Crippen LogP contribution is -2.52. The van der Waals surface area contributed by atoms with Crippen molar-refractivity contribution in [3.05, 3.63) is 0 Å². The predicted molar refractivity (Wildman–Crippen MR) is 78.4 cm³/mol. The molecule has 0 amide bonds. The Morgan fingerprint density at radius 1 is 1.00 bits per heavy atom. The quantitative estimate of drug-likeness (QED) is 0.780. The standard InChI is InChI=1S/C15H25NO3S/c17-15-7-2-1-5-13(15)14-6-3-4-9-16(14)12-8-10-20(18,19)11-12/h12-14H,1-11H2. The lowest BCUT2D eigenvalue weighted by Gasteiger charge is -2.44. The molecule has 3 unspecified atom stereocenters. The van der Waals surface area contributed by atoms with Crippen molar-refractivity contribution in [2.24, 2.45) is 5.92 Å². The summed E-state index contributed by atoms with van der Waals surface area (Å²) in [7, 11) is -2.84. The van der Waals surface area contributed by atoms with E-state index in [9.17, 15) is 13.2 Å². The van der Waals surface area contributed by atoms with Crippen LogP contribution in [0.15, 0.2) is 0 Å². The van der Waals surface area contributed by atoms with Crippen molar-refractivity contribution in [3.8, 4) is 0 Å². The molecule has 114 valence electrons. The molecule has 3 fully saturated rings. The van der Waals surface area contributed by atoms with Crippen LogP contribution in [0, 0.1) is 5.92 Å². The molecule has 0 bridgehead atoms. The highest BCUT2D eigenvalue weighted by atomic mass is 32.2. The molecule has 0 aromatic rings. The number of piperidine rings is 1. The topological polar surface area (TPSA) is 54.5 Å². The van der Waals surface area contributed by atoms with Crippen LogP contribution in [-0.2, 0) is 14.6 Å². The number of hydrogen-bond donors (Lipinski definition) is 0. The molecule has 0 radical (unpaired) electrons. The molecule has 1 saturated carbocycles. The van der Waals surface area contributed by atoms with Crippen molar-refractivity contribution in [3.63, 3.8) is 0 Å². The molecule has 4 nitrogen and oxygen atoms in total. The van der Waals surface area contributed by atoms with Gasteiger partial charge in [0.15, 0.2) is 9.84 Å². The molecule has 3 aliphatic rings. The van der Waals surface area contributed by atoms with Gasteiger partial charge in [-0.15, -0.1) is 0 Å². The average molecular weight is 299 g/mol. The Morgan fingerprint density at radius 3 is 2.50 bits per heavy atom. The minimum Gasteiger partial charge on any atom is -0.299 e. The van der Waals surface area contributed by atoms with E-state index in [1.165, 1.54) is 6.42 Å². The van der Waals surface area contributed by atoms with E-state index in [0.29, 0.717) is 23.3 Å². The van der Waals surface area contributed by atoms with Crippen molar-refractivity contribution in [1.82, 2.24) is 4.90 Å². The lowest BCUT2D eigenvalue weighted by atomic mass is 9.78. The predicted octanol–water partition coefficient (Wildman–Crippen LogP) is 1.79. The molecule has 2 saturated heterocycles. The van der Waals surface area contributed by atoms with Crippen LogP contribution in [0.2, 0.25) is 0 Å². The summed E-state index contributed by atoms with van der Waals surface area (Å²) in [6, 6.07) is 0.481. The van der Waals surface area contributed by atoms with Crippen molar-refractivity contribution in [2.45, 2.75) is 63.5 Å². The highest BCUT2D eigenvalue weighted by molar-refractivity contribution is 7.91. The molecule has 3 rings (SSSR count). The molecule has 3 atom stereocenters. The van der Waals surface area contributed by atoms with Crippen LogP contribution in [0.25, 0.3) is 0 Å². The Bertz CT molecular complexity index is 474. The first kappa shape index (κ1) is 14.5. The number of hydrogen-bond acceptors (Lipinski definition) is 4. The molecule has 5 heteroatoms. The Hall–Kier alpha value is -0.420. The van der Waals surface area contributed by atoms with E-state index in [-0.39, 0.29) is 12.0 Å². The van der Waals surface area contributed by atoms with Gasteiger partial charge in [-0.1, -0.05) is 12.8 Å². The first-order valence-electron chi connectivity index (χ1n) is 8.06. The van der Waals surface area contributed by atoms with Gasteiger partial charge in [-0.05, 0) is 38.6 Å². The van der Waals surface area contributed by atoms with Crippen LogP contribution in [0.3, 0.4) is 0 Å². The SMILES string of the molecule is O=C1CCCCC1C1CCCCN1C1CCS(=O)(=O)C1. The van der Waals surface area contributed by atoms with Gasteiger partial charge in [0.2, 0.25) is 0 Å². The van der Waals surface area contributed by atoms with E-state index in [1.807, 2.05) is 0 Å². The van der Waals surface area contributed by atoms with E-state index in [2.05, 4.69) is 4.90 Å². The Labute approximate surface area is 121 Å². The van der Waals surface area contributed by atoms with Gasteiger partial charge in [-0.3, -0.25) is 9.69 Å². The van der Waals surface area contributed by atoms with Gasteiger partial charge in [0.25, 0.3) is 0 Å². The van der Waals surface area contributed by atoms with Crippen LogP contribution in [0.5, 0.6) is 0 Å². The van der Waals surface area contributed by atoms with Gasteiger partial charge >= 0.3 is 0 Å². The smallest absolute Gasteiger partial charge is 0.151 e. The van der Waals surface area contributed by atoms with Crippen molar-refractivity contribution >= 4 is 15.6 Å². The maximum atomic E-state index is 12.2. The van der Waals surface area contributed by atoms with E-state index >= 15 is 0 Å². The first-order chi connectivity index (χ1) is 9.57. The number of likely N-dealkylation sites (tertiary alicyclic amines) is 1. The van der Waals surface area contributed by atoms with Crippen LogP contribution in [0.1, 0.15) is 51.4 Å². The van der Waals surface area contributed by atoms with E-state index in [1.54, 1.807) is 0 Å². The zero-order chi connectivity index (χ0) is 14.2. The van der Waals surface area contributed by atoms with Gasteiger partial charge in [-0.25, -0.2) is 8.42 Å². The third kappa shape index (κ3) is 2.93. The molecule has 20 heavy (non-hydrogen) atoms. The molecule has 0 spiro atoms. The van der Waals surface area contributed by atoms with Gasteiger partial charge in [-0.2, -0.15) is 0 Å². The maximum absolute atomic E-state index is 12.2. The number of ketones is 1. The molecule has 0 aromatic carbocycles. The Balaban J connectivity index is 1.75. The third-order valence-electron chi connectivity index (χ3n) is 5.34. The minimum atomic E-state index is -2.84. The maximum Gasteiger partial charge on any atom is 0.151 e. The summed E-state index contributed by atoms with van der Waals surface area (Å²) in [5.74, 6) is 1.24. The van der Waals surface area contributed by atoms with Crippen molar-refractivity contribution < 1.29 is 13.2 Å². The number of Topliss-reactive ketones (excluding diaryl/α,β-unsaturated/α-hetero) is 1. The summed E-state index contributed by atoms with van der Waals surface area (Å²) in [6.45, 7) is 0.981. The third-order valence-corrected chi connectivity index (χ3v) is 7.09.